The van der Waals surface area contributed by atoms with Gasteiger partial charge in [-0.15, -0.1) is 0 Å². The van der Waals surface area contributed by atoms with Gasteiger partial charge in [-0.2, -0.15) is 5.10 Å². The SMILES string of the molecule is Cc1n[nH]c2cc(-c3ccc(NC(=O)OC(C)(C)C)cc3)ncc12. The molecule has 24 heavy (non-hydrogen) atoms. The molecule has 6 nitrogen and oxygen atoms in total. The lowest BCUT2D eigenvalue weighted by Gasteiger charge is -2.19. The summed E-state index contributed by atoms with van der Waals surface area (Å²) in [6, 6.07) is 9.42. The van der Waals surface area contributed by atoms with Gasteiger partial charge in [0.15, 0.2) is 0 Å². The van der Waals surface area contributed by atoms with E-state index in [0.717, 1.165) is 27.9 Å². The van der Waals surface area contributed by atoms with E-state index in [1.54, 1.807) is 0 Å². The number of H-pyrrole nitrogens is 1. The van der Waals surface area contributed by atoms with Gasteiger partial charge in [-0.05, 0) is 45.9 Å². The van der Waals surface area contributed by atoms with Gasteiger partial charge >= 0.3 is 6.09 Å². The topological polar surface area (TPSA) is 79.9 Å². The maximum Gasteiger partial charge on any atom is 0.412 e. The molecule has 0 aliphatic heterocycles. The van der Waals surface area contributed by atoms with Crippen LogP contribution in [-0.2, 0) is 4.74 Å². The van der Waals surface area contributed by atoms with E-state index in [0.29, 0.717) is 5.69 Å². The van der Waals surface area contributed by atoms with Gasteiger partial charge in [0, 0.05) is 22.8 Å². The summed E-state index contributed by atoms with van der Waals surface area (Å²) in [4.78, 5) is 16.3. The Kier molecular flexibility index (Phi) is 3.97. The number of pyridine rings is 1. The van der Waals surface area contributed by atoms with Crippen molar-refractivity contribution in [3.05, 3.63) is 42.2 Å². The molecule has 124 valence electrons. The van der Waals surface area contributed by atoms with Gasteiger partial charge in [0.2, 0.25) is 0 Å². The van der Waals surface area contributed by atoms with Crippen molar-refractivity contribution < 1.29 is 9.53 Å². The Bertz CT molecular complexity index is 876. The molecule has 0 aliphatic rings. The van der Waals surface area contributed by atoms with Gasteiger partial charge in [-0.3, -0.25) is 15.4 Å². The zero-order valence-corrected chi connectivity index (χ0v) is 14.2. The van der Waals surface area contributed by atoms with Crippen LogP contribution in [-0.4, -0.2) is 26.9 Å². The molecule has 0 radical (unpaired) electrons. The second-order valence-corrected chi connectivity index (χ2v) is 6.63. The van der Waals surface area contributed by atoms with E-state index in [9.17, 15) is 4.79 Å². The van der Waals surface area contributed by atoms with Crippen molar-refractivity contribution in [2.45, 2.75) is 33.3 Å². The summed E-state index contributed by atoms with van der Waals surface area (Å²) in [5.74, 6) is 0. The third kappa shape index (κ3) is 3.53. The number of aromatic amines is 1. The van der Waals surface area contributed by atoms with E-state index in [2.05, 4.69) is 20.5 Å². The molecule has 1 amide bonds. The van der Waals surface area contributed by atoms with Gasteiger partial charge in [0.05, 0.1) is 16.9 Å². The molecule has 2 aromatic heterocycles. The minimum absolute atomic E-state index is 0.470. The summed E-state index contributed by atoms with van der Waals surface area (Å²) < 4.78 is 5.23. The number of amides is 1. The quantitative estimate of drug-likeness (QED) is 0.737. The first-order valence-electron chi connectivity index (χ1n) is 7.73. The van der Waals surface area contributed by atoms with E-state index >= 15 is 0 Å². The summed E-state index contributed by atoms with van der Waals surface area (Å²) in [7, 11) is 0. The van der Waals surface area contributed by atoms with E-state index in [4.69, 9.17) is 4.74 Å². The number of nitrogens with one attached hydrogen (secondary N) is 2. The van der Waals surface area contributed by atoms with Crippen LogP contribution in [0.2, 0.25) is 0 Å². The highest BCUT2D eigenvalue weighted by Gasteiger charge is 2.16. The predicted octanol–water partition coefficient (Wildman–Crippen LogP) is 4.28. The molecule has 0 spiro atoms. The molecule has 0 aliphatic carbocycles. The number of nitrogens with zero attached hydrogens (tertiary/aromatic N) is 2. The fraction of sp³-hybridized carbons (Fsp3) is 0.278. The molecule has 0 unspecified atom stereocenters. The fourth-order valence-electron chi connectivity index (χ4n) is 2.34. The summed E-state index contributed by atoms with van der Waals surface area (Å²) in [6.07, 6.45) is 1.35. The molecule has 0 fully saturated rings. The predicted molar refractivity (Wildman–Crippen MR) is 93.9 cm³/mol. The second-order valence-electron chi connectivity index (χ2n) is 6.63. The standard InChI is InChI=1S/C18H20N4O2/c1-11-14-10-19-15(9-16(14)22-21-11)12-5-7-13(8-6-12)20-17(23)24-18(2,3)4/h5-10H,1-4H3,(H,20,23)(H,21,22). The number of ether oxygens (including phenoxy) is 1. The molecule has 3 rings (SSSR count). The van der Waals surface area contributed by atoms with Crippen LogP contribution in [0.25, 0.3) is 22.2 Å². The van der Waals surface area contributed by atoms with Crippen LogP contribution in [0.4, 0.5) is 10.5 Å². The van der Waals surface area contributed by atoms with Crippen LogP contribution < -0.4 is 5.32 Å². The molecular weight excluding hydrogens is 304 g/mol. The smallest absolute Gasteiger partial charge is 0.412 e. The number of carbonyl (C=O) groups excluding carboxylic acids is 1. The number of rotatable bonds is 2. The highest BCUT2D eigenvalue weighted by molar-refractivity contribution is 5.86. The first kappa shape index (κ1) is 16.0. The Morgan fingerprint density at radius 3 is 2.58 bits per heavy atom. The summed E-state index contributed by atoms with van der Waals surface area (Å²) in [6.45, 7) is 7.43. The molecule has 0 saturated heterocycles. The molecule has 0 atom stereocenters. The maximum absolute atomic E-state index is 11.8. The van der Waals surface area contributed by atoms with Crippen molar-refractivity contribution in [1.82, 2.24) is 15.2 Å². The van der Waals surface area contributed by atoms with Crippen molar-refractivity contribution >= 4 is 22.7 Å². The lowest BCUT2D eigenvalue weighted by atomic mass is 10.1. The highest BCUT2D eigenvalue weighted by atomic mass is 16.6. The van der Waals surface area contributed by atoms with Crippen LogP contribution in [0.15, 0.2) is 36.5 Å². The molecule has 6 heteroatoms. The Morgan fingerprint density at radius 2 is 1.92 bits per heavy atom. The molecule has 1 aromatic carbocycles. The van der Waals surface area contributed by atoms with Gasteiger partial charge in [0.1, 0.15) is 5.60 Å². The van der Waals surface area contributed by atoms with E-state index in [1.165, 1.54) is 0 Å². The zero-order chi connectivity index (χ0) is 17.3. The normalized spacial score (nSPS) is 11.5. The molecule has 2 N–H and O–H groups in total. The lowest BCUT2D eigenvalue weighted by molar-refractivity contribution is 0.0636. The number of aryl methyl sites for hydroxylation is 1. The number of hydrogen-bond acceptors (Lipinski definition) is 4. The largest absolute Gasteiger partial charge is 0.444 e. The Balaban J connectivity index is 1.77. The first-order valence-corrected chi connectivity index (χ1v) is 7.73. The number of fused-ring (bicyclic) bond motifs is 1. The number of aromatic nitrogens is 3. The highest BCUT2D eigenvalue weighted by Crippen LogP contribution is 2.23. The molecule has 3 aromatic rings. The third-order valence-electron chi connectivity index (χ3n) is 3.46. The first-order chi connectivity index (χ1) is 11.3. The number of anilines is 1. The average Bonchev–Trinajstić information content (AvgIpc) is 2.87. The van der Waals surface area contributed by atoms with Crippen molar-refractivity contribution in [3.8, 4) is 11.3 Å². The van der Waals surface area contributed by atoms with Gasteiger partial charge in [-0.1, -0.05) is 12.1 Å². The third-order valence-corrected chi connectivity index (χ3v) is 3.46. The molecule has 0 saturated carbocycles. The lowest BCUT2D eigenvalue weighted by Crippen LogP contribution is -2.27. The molecule has 0 bridgehead atoms. The monoisotopic (exact) mass is 324 g/mol. The minimum Gasteiger partial charge on any atom is -0.444 e. The van der Waals surface area contributed by atoms with E-state index in [1.807, 2.05) is 64.2 Å². The van der Waals surface area contributed by atoms with E-state index < -0.39 is 11.7 Å². The van der Waals surface area contributed by atoms with E-state index in [-0.39, 0.29) is 0 Å². The van der Waals surface area contributed by atoms with Crippen LogP contribution in [0.3, 0.4) is 0 Å². The molecule has 2 heterocycles. The van der Waals surface area contributed by atoms with Crippen molar-refractivity contribution in [2.24, 2.45) is 0 Å². The van der Waals surface area contributed by atoms with Gasteiger partial charge in [0.25, 0.3) is 0 Å². The van der Waals surface area contributed by atoms with Crippen LogP contribution >= 0.6 is 0 Å². The molecular formula is C18H20N4O2. The Morgan fingerprint density at radius 1 is 1.21 bits per heavy atom. The second kappa shape index (κ2) is 5.96. The van der Waals surface area contributed by atoms with Crippen LogP contribution in [0.5, 0.6) is 0 Å². The average molecular weight is 324 g/mol. The van der Waals surface area contributed by atoms with Crippen molar-refractivity contribution in [3.63, 3.8) is 0 Å². The van der Waals surface area contributed by atoms with Crippen molar-refractivity contribution in [1.29, 1.82) is 0 Å². The minimum atomic E-state index is -0.522. The summed E-state index contributed by atoms with van der Waals surface area (Å²) in [5, 5.41) is 10.9. The van der Waals surface area contributed by atoms with Gasteiger partial charge < -0.3 is 4.74 Å². The zero-order valence-electron chi connectivity index (χ0n) is 14.2. The summed E-state index contributed by atoms with van der Waals surface area (Å²) >= 11 is 0. The Hall–Kier alpha value is -2.89. The van der Waals surface area contributed by atoms with Crippen LogP contribution in [0, 0.1) is 6.92 Å². The Labute approximate surface area is 140 Å². The van der Waals surface area contributed by atoms with Crippen LogP contribution in [0.1, 0.15) is 26.5 Å². The van der Waals surface area contributed by atoms with Gasteiger partial charge in [-0.25, -0.2) is 4.79 Å². The number of hydrogen-bond donors (Lipinski definition) is 2. The van der Waals surface area contributed by atoms with Crippen molar-refractivity contribution in [2.75, 3.05) is 5.32 Å². The fourth-order valence-corrected chi connectivity index (χ4v) is 2.34. The summed E-state index contributed by atoms with van der Waals surface area (Å²) in [5.41, 5.74) is 3.83. The number of carbonyl (C=O) groups is 1. The maximum atomic E-state index is 11.8. The number of benzene rings is 1.